The van der Waals surface area contributed by atoms with Crippen LogP contribution in [0.3, 0.4) is 0 Å². The van der Waals surface area contributed by atoms with E-state index in [1.165, 1.54) is 19.1 Å². The minimum absolute atomic E-state index is 0.0139. The number of halogens is 1. The van der Waals surface area contributed by atoms with Gasteiger partial charge in [0, 0.05) is 19.1 Å². The normalized spacial score (nSPS) is 28.2. The minimum Gasteiger partial charge on any atom is -0.452 e. The minimum atomic E-state index is -0.0139. The number of likely N-dealkylation sites (tertiary alicyclic amines) is 1. The molecule has 0 aliphatic carbocycles. The zero-order valence-corrected chi connectivity index (χ0v) is 10.2. The van der Waals surface area contributed by atoms with Crippen LogP contribution in [0.15, 0.2) is 16.7 Å². The van der Waals surface area contributed by atoms with Crippen LogP contribution in [0, 0.1) is 5.92 Å². The predicted molar refractivity (Wildman–Crippen MR) is 64.1 cm³/mol. The Morgan fingerprint density at radius 3 is 3.12 bits per heavy atom. The Balaban J connectivity index is 1.74. The fourth-order valence-corrected chi connectivity index (χ4v) is 3.02. The molecule has 5 heteroatoms. The number of hydrogen-bond donors (Lipinski definition) is 1. The molecule has 4 nitrogen and oxygen atoms in total. The summed E-state index contributed by atoms with van der Waals surface area (Å²) in [4.78, 5) is 14.1. The summed E-state index contributed by atoms with van der Waals surface area (Å²) in [5.41, 5.74) is 0.477. The fourth-order valence-electron chi connectivity index (χ4n) is 2.83. The van der Waals surface area contributed by atoms with Crippen LogP contribution in [0.1, 0.15) is 23.2 Å². The lowest BCUT2D eigenvalue weighted by molar-refractivity contribution is 0.0785. The van der Waals surface area contributed by atoms with Gasteiger partial charge < -0.3 is 14.6 Å². The van der Waals surface area contributed by atoms with Crippen molar-refractivity contribution in [1.82, 2.24) is 10.2 Å². The molecule has 92 valence electrons. The van der Waals surface area contributed by atoms with E-state index in [9.17, 15) is 4.79 Å². The van der Waals surface area contributed by atoms with Crippen molar-refractivity contribution in [3.05, 3.63) is 23.1 Å². The third kappa shape index (κ3) is 1.96. The molecular formula is C12H15ClN2O2. The number of nitrogens with zero attached hydrogens (tertiary/aromatic N) is 1. The Morgan fingerprint density at radius 2 is 2.41 bits per heavy atom. The van der Waals surface area contributed by atoms with Crippen LogP contribution < -0.4 is 5.32 Å². The SMILES string of the molecule is O=C(c1ccoc1Cl)N1CC2CCCNC2C1. The summed E-state index contributed by atoms with van der Waals surface area (Å²) < 4.78 is 4.97. The van der Waals surface area contributed by atoms with Crippen molar-refractivity contribution in [1.29, 1.82) is 0 Å². The van der Waals surface area contributed by atoms with Gasteiger partial charge >= 0.3 is 0 Å². The Hall–Kier alpha value is -1.00. The van der Waals surface area contributed by atoms with Crippen LogP contribution in [0.2, 0.25) is 5.22 Å². The Kier molecular flexibility index (Phi) is 2.84. The molecule has 2 saturated heterocycles. The molecule has 1 aromatic heterocycles. The van der Waals surface area contributed by atoms with Crippen LogP contribution in [0.25, 0.3) is 0 Å². The van der Waals surface area contributed by atoms with E-state index in [1.54, 1.807) is 6.07 Å². The van der Waals surface area contributed by atoms with E-state index >= 15 is 0 Å². The number of rotatable bonds is 1. The van der Waals surface area contributed by atoms with Crippen LogP contribution in [0.4, 0.5) is 0 Å². The molecule has 0 spiro atoms. The second-order valence-corrected chi connectivity index (χ2v) is 5.12. The summed E-state index contributed by atoms with van der Waals surface area (Å²) in [5, 5.41) is 3.67. The van der Waals surface area contributed by atoms with E-state index in [0.717, 1.165) is 19.6 Å². The number of carbonyl (C=O) groups is 1. The molecule has 3 rings (SSSR count). The van der Waals surface area contributed by atoms with Gasteiger partial charge in [0.05, 0.1) is 11.8 Å². The average molecular weight is 255 g/mol. The van der Waals surface area contributed by atoms with Gasteiger partial charge in [0.2, 0.25) is 5.22 Å². The van der Waals surface area contributed by atoms with Gasteiger partial charge in [0.15, 0.2) is 0 Å². The quantitative estimate of drug-likeness (QED) is 0.831. The summed E-state index contributed by atoms with van der Waals surface area (Å²) in [7, 11) is 0. The summed E-state index contributed by atoms with van der Waals surface area (Å²) in [6.45, 7) is 2.68. The molecule has 1 aromatic rings. The summed E-state index contributed by atoms with van der Waals surface area (Å²) in [6, 6.07) is 2.10. The number of piperidine rings is 1. The lowest BCUT2D eigenvalue weighted by Crippen LogP contribution is -2.41. The van der Waals surface area contributed by atoms with Crippen molar-refractivity contribution in [3.8, 4) is 0 Å². The molecule has 2 aliphatic rings. The summed E-state index contributed by atoms with van der Waals surface area (Å²) in [6.07, 6.45) is 3.87. The van der Waals surface area contributed by atoms with Crippen molar-refractivity contribution in [2.75, 3.05) is 19.6 Å². The van der Waals surface area contributed by atoms with Gasteiger partial charge in [-0.15, -0.1) is 0 Å². The van der Waals surface area contributed by atoms with Crippen LogP contribution in [0.5, 0.6) is 0 Å². The van der Waals surface area contributed by atoms with Crippen LogP contribution >= 0.6 is 11.6 Å². The monoisotopic (exact) mass is 254 g/mol. The number of fused-ring (bicyclic) bond motifs is 1. The van der Waals surface area contributed by atoms with E-state index in [1.807, 2.05) is 4.90 Å². The standard InChI is InChI=1S/C12H15ClN2O2/c13-11-9(3-5-17-11)12(16)15-6-8-2-1-4-14-10(8)7-15/h3,5,8,10,14H,1-2,4,6-7H2. The molecule has 2 aliphatic heterocycles. The highest BCUT2D eigenvalue weighted by molar-refractivity contribution is 6.32. The highest BCUT2D eigenvalue weighted by Gasteiger charge is 2.37. The van der Waals surface area contributed by atoms with Crippen LogP contribution in [-0.2, 0) is 0 Å². The number of nitrogens with one attached hydrogen (secondary N) is 1. The topological polar surface area (TPSA) is 45.5 Å². The largest absolute Gasteiger partial charge is 0.452 e. The Bertz CT molecular complexity index is 418. The maximum absolute atomic E-state index is 12.2. The van der Waals surface area contributed by atoms with Gasteiger partial charge in [0.25, 0.3) is 5.91 Å². The third-order valence-corrected chi connectivity index (χ3v) is 4.03. The lowest BCUT2D eigenvalue weighted by atomic mass is 9.94. The molecule has 2 unspecified atom stereocenters. The molecule has 1 amide bonds. The molecule has 17 heavy (non-hydrogen) atoms. The second-order valence-electron chi connectivity index (χ2n) is 4.78. The van der Waals surface area contributed by atoms with Crippen molar-refractivity contribution >= 4 is 17.5 Å². The number of furan rings is 1. The van der Waals surface area contributed by atoms with Gasteiger partial charge in [0.1, 0.15) is 0 Å². The number of amides is 1. The number of carbonyl (C=O) groups excluding carboxylic acids is 1. The first-order valence-electron chi connectivity index (χ1n) is 6.01. The van der Waals surface area contributed by atoms with E-state index in [-0.39, 0.29) is 11.1 Å². The van der Waals surface area contributed by atoms with Gasteiger partial charge in [-0.3, -0.25) is 4.79 Å². The fraction of sp³-hybridized carbons (Fsp3) is 0.583. The summed E-state index contributed by atoms with van der Waals surface area (Å²) >= 11 is 5.84. The van der Waals surface area contributed by atoms with Crippen molar-refractivity contribution in [3.63, 3.8) is 0 Å². The first-order chi connectivity index (χ1) is 8.25. The van der Waals surface area contributed by atoms with Gasteiger partial charge in [-0.1, -0.05) is 0 Å². The third-order valence-electron chi connectivity index (χ3n) is 3.73. The molecule has 0 radical (unpaired) electrons. The first kappa shape index (κ1) is 11.1. The van der Waals surface area contributed by atoms with Crippen LogP contribution in [-0.4, -0.2) is 36.5 Å². The lowest BCUT2D eigenvalue weighted by Gasteiger charge is -2.24. The van der Waals surface area contributed by atoms with Gasteiger partial charge in [-0.05, 0) is 43.0 Å². The smallest absolute Gasteiger partial charge is 0.258 e. The van der Waals surface area contributed by atoms with E-state index < -0.39 is 0 Å². The molecule has 0 aromatic carbocycles. The van der Waals surface area contributed by atoms with Crippen molar-refractivity contribution < 1.29 is 9.21 Å². The van der Waals surface area contributed by atoms with E-state index in [0.29, 0.717) is 17.5 Å². The maximum atomic E-state index is 12.2. The van der Waals surface area contributed by atoms with Crippen molar-refractivity contribution in [2.24, 2.45) is 5.92 Å². The second kappa shape index (κ2) is 4.35. The Morgan fingerprint density at radius 1 is 1.53 bits per heavy atom. The van der Waals surface area contributed by atoms with Gasteiger partial charge in [-0.2, -0.15) is 0 Å². The van der Waals surface area contributed by atoms with Crippen molar-refractivity contribution in [2.45, 2.75) is 18.9 Å². The van der Waals surface area contributed by atoms with Gasteiger partial charge in [-0.25, -0.2) is 0 Å². The highest BCUT2D eigenvalue weighted by atomic mass is 35.5. The molecule has 2 atom stereocenters. The zero-order chi connectivity index (χ0) is 11.8. The molecule has 3 heterocycles. The molecular weight excluding hydrogens is 240 g/mol. The zero-order valence-electron chi connectivity index (χ0n) is 9.49. The first-order valence-corrected chi connectivity index (χ1v) is 6.39. The average Bonchev–Trinajstić information content (AvgIpc) is 2.93. The predicted octanol–water partition coefficient (Wildman–Crippen LogP) is 1.76. The van der Waals surface area contributed by atoms with E-state index in [2.05, 4.69) is 5.32 Å². The summed E-state index contributed by atoms with van der Waals surface area (Å²) in [5.74, 6) is 0.582. The van der Waals surface area contributed by atoms with E-state index in [4.69, 9.17) is 16.0 Å². The number of hydrogen-bond acceptors (Lipinski definition) is 3. The molecule has 0 bridgehead atoms. The highest BCUT2D eigenvalue weighted by Crippen LogP contribution is 2.27. The molecule has 0 saturated carbocycles. The maximum Gasteiger partial charge on any atom is 0.258 e. The molecule has 2 fully saturated rings. The Labute approximate surface area is 105 Å². The molecule has 1 N–H and O–H groups in total.